The van der Waals surface area contributed by atoms with Gasteiger partial charge in [0.05, 0.1) is 12.3 Å². The number of nitrogens with one attached hydrogen (secondary N) is 1. The van der Waals surface area contributed by atoms with Crippen LogP contribution in [0, 0.1) is 0 Å². The van der Waals surface area contributed by atoms with E-state index in [0.717, 1.165) is 18.1 Å². The van der Waals surface area contributed by atoms with Gasteiger partial charge in [0.25, 0.3) is 0 Å². The maximum Gasteiger partial charge on any atom is 0.126 e. The molecule has 1 aromatic heterocycles. The molecule has 0 bridgehead atoms. The van der Waals surface area contributed by atoms with Gasteiger partial charge in [-0.15, -0.1) is 0 Å². The quantitative estimate of drug-likeness (QED) is 0.653. The van der Waals surface area contributed by atoms with Crippen molar-refractivity contribution in [3.63, 3.8) is 0 Å². The molecular weight excluding hydrogens is 166 g/mol. The van der Waals surface area contributed by atoms with Crippen LogP contribution in [0.15, 0.2) is 18.2 Å². The van der Waals surface area contributed by atoms with Crippen LogP contribution in [0.5, 0.6) is 0 Å². The smallest absolute Gasteiger partial charge is 0.126 e. The van der Waals surface area contributed by atoms with Crippen molar-refractivity contribution in [1.29, 1.82) is 0 Å². The third-order valence-electron chi connectivity index (χ3n) is 1.63. The van der Waals surface area contributed by atoms with E-state index in [1.807, 2.05) is 18.2 Å². The number of rotatable bonds is 5. The molecule has 0 aromatic carbocycles. The first-order valence-electron chi connectivity index (χ1n) is 4.25. The van der Waals surface area contributed by atoms with Gasteiger partial charge in [0, 0.05) is 20.2 Å². The molecule has 0 saturated heterocycles. The molecule has 1 aromatic rings. The zero-order chi connectivity index (χ0) is 9.52. The van der Waals surface area contributed by atoms with Crippen LogP contribution in [0.25, 0.3) is 0 Å². The summed E-state index contributed by atoms with van der Waals surface area (Å²) in [5.74, 6) is 0.847. The highest BCUT2D eigenvalue weighted by Crippen LogP contribution is 2.03. The second kappa shape index (κ2) is 5.50. The van der Waals surface area contributed by atoms with Crippen LogP contribution >= 0.6 is 0 Å². The molecule has 0 aliphatic carbocycles. The number of hydrogen-bond donors (Lipinski definition) is 2. The number of pyridine rings is 1. The molecule has 0 amide bonds. The molecule has 3 N–H and O–H groups in total. The lowest BCUT2D eigenvalue weighted by Crippen LogP contribution is -2.10. The predicted octanol–water partition coefficient (Wildman–Crippen LogP) is 0.599. The van der Waals surface area contributed by atoms with E-state index in [0.29, 0.717) is 13.2 Å². The summed E-state index contributed by atoms with van der Waals surface area (Å²) in [7, 11) is 1.67. The number of ether oxygens (including phenoxy) is 1. The van der Waals surface area contributed by atoms with Crippen LogP contribution in [0.4, 0.5) is 5.82 Å². The number of nitrogens with two attached hydrogens (primary N) is 1. The molecular formula is C9H15N3O. The molecule has 13 heavy (non-hydrogen) atoms. The minimum Gasteiger partial charge on any atom is -0.383 e. The van der Waals surface area contributed by atoms with E-state index in [9.17, 15) is 0 Å². The lowest BCUT2D eigenvalue weighted by Gasteiger charge is -2.05. The van der Waals surface area contributed by atoms with E-state index in [1.54, 1.807) is 7.11 Å². The minimum atomic E-state index is 0.472. The summed E-state index contributed by atoms with van der Waals surface area (Å²) in [6.45, 7) is 1.91. The highest BCUT2D eigenvalue weighted by Gasteiger charge is 1.94. The first-order chi connectivity index (χ1) is 6.36. The Hall–Kier alpha value is -1.13. The summed E-state index contributed by atoms with van der Waals surface area (Å²) >= 11 is 0. The largest absolute Gasteiger partial charge is 0.383 e. The van der Waals surface area contributed by atoms with E-state index in [4.69, 9.17) is 10.5 Å². The Kier molecular flexibility index (Phi) is 4.21. The Morgan fingerprint density at radius 3 is 3.08 bits per heavy atom. The van der Waals surface area contributed by atoms with Gasteiger partial charge < -0.3 is 15.8 Å². The molecule has 1 rings (SSSR count). The fourth-order valence-corrected chi connectivity index (χ4v) is 0.973. The zero-order valence-electron chi connectivity index (χ0n) is 7.79. The summed E-state index contributed by atoms with van der Waals surface area (Å²) in [5, 5.41) is 3.13. The number of anilines is 1. The van der Waals surface area contributed by atoms with Crippen LogP contribution in [-0.4, -0.2) is 25.2 Å². The summed E-state index contributed by atoms with van der Waals surface area (Å²) in [6, 6.07) is 5.75. The molecule has 0 fully saturated rings. The second-order valence-corrected chi connectivity index (χ2v) is 2.64. The monoisotopic (exact) mass is 181 g/mol. The van der Waals surface area contributed by atoms with Crippen molar-refractivity contribution in [1.82, 2.24) is 4.98 Å². The van der Waals surface area contributed by atoms with Crippen molar-refractivity contribution in [3.05, 3.63) is 23.9 Å². The molecule has 4 nitrogen and oxygen atoms in total. The summed E-state index contributed by atoms with van der Waals surface area (Å²) < 4.78 is 4.91. The molecule has 0 unspecified atom stereocenters. The molecule has 0 aliphatic heterocycles. The van der Waals surface area contributed by atoms with Crippen molar-refractivity contribution in [2.45, 2.75) is 6.54 Å². The highest BCUT2D eigenvalue weighted by atomic mass is 16.5. The Morgan fingerprint density at radius 2 is 2.38 bits per heavy atom. The number of methoxy groups -OCH3 is 1. The normalized spacial score (nSPS) is 10.0. The third-order valence-corrected chi connectivity index (χ3v) is 1.63. The van der Waals surface area contributed by atoms with Crippen LogP contribution in [-0.2, 0) is 11.3 Å². The lowest BCUT2D eigenvalue weighted by molar-refractivity contribution is 0.210. The number of aromatic nitrogens is 1. The first-order valence-corrected chi connectivity index (χ1v) is 4.25. The molecule has 0 aliphatic rings. The van der Waals surface area contributed by atoms with E-state index in [2.05, 4.69) is 10.3 Å². The molecule has 0 atom stereocenters. The van der Waals surface area contributed by atoms with Crippen LogP contribution in [0.1, 0.15) is 5.69 Å². The maximum atomic E-state index is 5.46. The number of hydrogen-bond acceptors (Lipinski definition) is 4. The van der Waals surface area contributed by atoms with E-state index in [-0.39, 0.29) is 0 Å². The first kappa shape index (κ1) is 9.95. The molecule has 72 valence electrons. The highest BCUT2D eigenvalue weighted by molar-refractivity contribution is 5.35. The van der Waals surface area contributed by atoms with Crippen molar-refractivity contribution in [2.24, 2.45) is 5.73 Å². The van der Waals surface area contributed by atoms with Crippen molar-refractivity contribution in [2.75, 3.05) is 25.6 Å². The summed E-state index contributed by atoms with van der Waals surface area (Å²) in [6.07, 6.45) is 0. The van der Waals surface area contributed by atoms with Gasteiger partial charge >= 0.3 is 0 Å². The number of nitrogens with zero attached hydrogens (tertiary/aromatic N) is 1. The zero-order valence-corrected chi connectivity index (χ0v) is 7.79. The van der Waals surface area contributed by atoms with E-state index < -0.39 is 0 Å². The van der Waals surface area contributed by atoms with Crippen molar-refractivity contribution < 1.29 is 4.74 Å². The Bertz CT molecular complexity index is 252. The van der Waals surface area contributed by atoms with E-state index in [1.165, 1.54) is 0 Å². The average Bonchev–Trinajstić information content (AvgIpc) is 2.19. The topological polar surface area (TPSA) is 60.2 Å². The van der Waals surface area contributed by atoms with Gasteiger partial charge in [-0.05, 0) is 12.1 Å². The second-order valence-electron chi connectivity index (χ2n) is 2.64. The lowest BCUT2D eigenvalue weighted by atomic mass is 10.3. The van der Waals surface area contributed by atoms with E-state index >= 15 is 0 Å². The average molecular weight is 181 g/mol. The fraction of sp³-hybridized carbons (Fsp3) is 0.444. The van der Waals surface area contributed by atoms with Gasteiger partial charge in [-0.3, -0.25) is 0 Å². The molecule has 0 radical (unpaired) electrons. The van der Waals surface area contributed by atoms with Gasteiger partial charge in [-0.25, -0.2) is 4.98 Å². The standard InChI is InChI=1S/C9H15N3O/c1-13-6-5-11-9-4-2-3-8(7-10)12-9/h2-4H,5-7,10H2,1H3,(H,11,12). The van der Waals surface area contributed by atoms with Gasteiger partial charge in [-0.2, -0.15) is 0 Å². The predicted molar refractivity (Wildman–Crippen MR) is 52.5 cm³/mol. The SMILES string of the molecule is COCCNc1cccc(CN)n1. The van der Waals surface area contributed by atoms with Gasteiger partial charge in [0.1, 0.15) is 5.82 Å². The minimum absolute atomic E-state index is 0.472. The van der Waals surface area contributed by atoms with Gasteiger partial charge in [0.2, 0.25) is 0 Å². The van der Waals surface area contributed by atoms with Gasteiger partial charge in [0.15, 0.2) is 0 Å². The summed E-state index contributed by atoms with van der Waals surface area (Å²) in [5.41, 5.74) is 6.35. The fourth-order valence-electron chi connectivity index (χ4n) is 0.973. The molecule has 0 spiro atoms. The maximum absolute atomic E-state index is 5.46. The molecule has 4 heteroatoms. The van der Waals surface area contributed by atoms with Crippen molar-refractivity contribution >= 4 is 5.82 Å². The molecule has 0 saturated carbocycles. The summed E-state index contributed by atoms with van der Waals surface area (Å²) in [4.78, 5) is 4.27. The Labute approximate surface area is 78.1 Å². The third kappa shape index (κ3) is 3.40. The Morgan fingerprint density at radius 1 is 1.54 bits per heavy atom. The van der Waals surface area contributed by atoms with Crippen LogP contribution < -0.4 is 11.1 Å². The van der Waals surface area contributed by atoms with Crippen LogP contribution in [0.2, 0.25) is 0 Å². The van der Waals surface area contributed by atoms with Crippen LogP contribution in [0.3, 0.4) is 0 Å². The molecule has 1 heterocycles. The van der Waals surface area contributed by atoms with Crippen molar-refractivity contribution in [3.8, 4) is 0 Å². The Balaban J connectivity index is 2.46. The van der Waals surface area contributed by atoms with Gasteiger partial charge in [-0.1, -0.05) is 6.07 Å².